The van der Waals surface area contributed by atoms with Crippen LogP contribution in [0.3, 0.4) is 0 Å². The van der Waals surface area contributed by atoms with Gasteiger partial charge in [0, 0.05) is 29.8 Å². The van der Waals surface area contributed by atoms with Gasteiger partial charge in [-0.25, -0.2) is 0 Å². The first kappa shape index (κ1) is 17.4. The Morgan fingerprint density at radius 2 is 1.86 bits per heavy atom. The van der Waals surface area contributed by atoms with Gasteiger partial charge in [-0.1, -0.05) is 31.0 Å². The highest BCUT2D eigenvalue weighted by atomic mass is 16.2. The SMILES string of the molecule is NC(=O)C[C@@H]1N[C@@]2(C(=O)Nc3ccccc32)[C@H]2C(=O)N(C3CCCC3)C(=O)[C@H]12. The monoisotopic (exact) mass is 382 g/mol. The first-order chi connectivity index (χ1) is 13.4. The van der Waals surface area contributed by atoms with Crippen LogP contribution in [0.25, 0.3) is 0 Å². The van der Waals surface area contributed by atoms with Gasteiger partial charge in [-0.15, -0.1) is 0 Å². The topological polar surface area (TPSA) is 122 Å². The number of amides is 4. The molecule has 0 unspecified atom stereocenters. The molecule has 8 nitrogen and oxygen atoms in total. The summed E-state index contributed by atoms with van der Waals surface area (Å²) in [6.07, 6.45) is 3.44. The van der Waals surface area contributed by atoms with E-state index in [1.807, 2.05) is 0 Å². The second-order valence-electron chi connectivity index (χ2n) is 8.22. The molecule has 0 bridgehead atoms. The van der Waals surface area contributed by atoms with E-state index >= 15 is 0 Å². The molecule has 5 rings (SSSR count). The van der Waals surface area contributed by atoms with E-state index in [1.165, 1.54) is 4.90 Å². The summed E-state index contributed by atoms with van der Waals surface area (Å²) in [6, 6.07) is 6.40. The van der Waals surface area contributed by atoms with Crippen molar-refractivity contribution < 1.29 is 19.2 Å². The minimum atomic E-state index is -1.35. The molecule has 4 amide bonds. The molecule has 3 aliphatic heterocycles. The Balaban J connectivity index is 1.64. The van der Waals surface area contributed by atoms with Crippen molar-refractivity contribution in [2.75, 3.05) is 5.32 Å². The normalized spacial score (nSPS) is 34.2. The van der Waals surface area contributed by atoms with Gasteiger partial charge in [-0.05, 0) is 18.9 Å². The molecule has 0 radical (unpaired) electrons. The molecule has 1 spiro atoms. The number of benzene rings is 1. The molecular weight excluding hydrogens is 360 g/mol. The standard InChI is InChI=1S/C20H22N4O4/c21-14(25)9-13-15-16(18(27)24(17(15)26)10-5-1-2-6-10)20(23-13)11-7-3-4-8-12(11)22-19(20)28/h3-4,7-8,10,13,15-16,23H,1-2,5-6,9H2,(H2,21,25)(H,22,28)/t13-,15+,16+,20+/m0/s1. The third kappa shape index (κ3) is 2.09. The fraction of sp³-hybridized carbons (Fsp3) is 0.500. The van der Waals surface area contributed by atoms with Crippen LogP contribution in [-0.4, -0.2) is 40.6 Å². The number of para-hydroxylation sites is 1. The first-order valence-electron chi connectivity index (χ1n) is 9.79. The Kier molecular flexibility index (Phi) is 3.64. The van der Waals surface area contributed by atoms with Gasteiger partial charge in [0.05, 0.1) is 11.8 Å². The number of imide groups is 1. The van der Waals surface area contributed by atoms with Crippen LogP contribution in [0.5, 0.6) is 0 Å². The fourth-order valence-corrected chi connectivity index (χ4v) is 5.69. The number of fused-ring (bicyclic) bond motifs is 4. The molecule has 4 aliphatic rings. The summed E-state index contributed by atoms with van der Waals surface area (Å²) in [5.41, 5.74) is 5.35. The Morgan fingerprint density at radius 1 is 1.14 bits per heavy atom. The van der Waals surface area contributed by atoms with Crippen LogP contribution >= 0.6 is 0 Å². The van der Waals surface area contributed by atoms with Crippen molar-refractivity contribution in [3.05, 3.63) is 29.8 Å². The summed E-state index contributed by atoms with van der Waals surface area (Å²) in [5, 5.41) is 6.03. The zero-order chi connectivity index (χ0) is 19.6. The second kappa shape index (κ2) is 5.88. The number of hydrogen-bond donors (Lipinski definition) is 3. The first-order valence-corrected chi connectivity index (χ1v) is 9.79. The fourth-order valence-electron chi connectivity index (χ4n) is 5.69. The lowest BCUT2D eigenvalue weighted by molar-refractivity contribution is -0.145. The lowest BCUT2D eigenvalue weighted by Crippen LogP contribution is -2.54. The summed E-state index contributed by atoms with van der Waals surface area (Å²) in [6.45, 7) is 0. The smallest absolute Gasteiger partial charge is 0.250 e. The van der Waals surface area contributed by atoms with Crippen LogP contribution in [-0.2, 0) is 24.7 Å². The van der Waals surface area contributed by atoms with E-state index in [1.54, 1.807) is 24.3 Å². The number of hydrogen-bond acceptors (Lipinski definition) is 5. The number of anilines is 1. The number of nitrogens with one attached hydrogen (secondary N) is 2. The minimum absolute atomic E-state index is 0.101. The van der Waals surface area contributed by atoms with E-state index in [0.29, 0.717) is 11.3 Å². The zero-order valence-corrected chi connectivity index (χ0v) is 15.3. The molecule has 8 heteroatoms. The molecule has 4 N–H and O–H groups in total. The Labute approximate surface area is 161 Å². The number of rotatable bonds is 3. The highest BCUT2D eigenvalue weighted by Gasteiger charge is 2.71. The van der Waals surface area contributed by atoms with Crippen LogP contribution in [0.2, 0.25) is 0 Å². The van der Waals surface area contributed by atoms with Crippen molar-refractivity contribution in [1.82, 2.24) is 10.2 Å². The Bertz CT molecular complexity index is 909. The van der Waals surface area contributed by atoms with E-state index in [-0.39, 0.29) is 30.2 Å². The minimum Gasteiger partial charge on any atom is -0.370 e. The lowest BCUT2D eigenvalue weighted by Gasteiger charge is -2.31. The molecule has 1 aromatic rings. The maximum atomic E-state index is 13.5. The van der Waals surface area contributed by atoms with Crippen molar-refractivity contribution in [3.8, 4) is 0 Å². The molecule has 1 aliphatic carbocycles. The predicted octanol–water partition coefficient (Wildman–Crippen LogP) is 0.225. The Morgan fingerprint density at radius 3 is 2.57 bits per heavy atom. The number of likely N-dealkylation sites (tertiary alicyclic amines) is 1. The second-order valence-corrected chi connectivity index (χ2v) is 8.22. The molecule has 1 saturated carbocycles. The molecule has 4 atom stereocenters. The molecule has 3 heterocycles. The van der Waals surface area contributed by atoms with Crippen LogP contribution < -0.4 is 16.4 Å². The van der Waals surface area contributed by atoms with Gasteiger partial charge in [-0.2, -0.15) is 0 Å². The predicted molar refractivity (Wildman–Crippen MR) is 98.6 cm³/mol. The van der Waals surface area contributed by atoms with Crippen molar-refractivity contribution in [3.63, 3.8) is 0 Å². The largest absolute Gasteiger partial charge is 0.370 e. The molecule has 3 fully saturated rings. The van der Waals surface area contributed by atoms with E-state index in [4.69, 9.17) is 5.73 Å². The maximum absolute atomic E-state index is 13.5. The van der Waals surface area contributed by atoms with Gasteiger partial charge in [0.2, 0.25) is 23.6 Å². The summed E-state index contributed by atoms with van der Waals surface area (Å²) >= 11 is 0. The van der Waals surface area contributed by atoms with E-state index < -0.39 is 29.3 Å². The van der Waals surface area contributed by atoms with Crippen molar-refractivity contribution in [1.29, 1.82) is 0 Å². The van der Waals surface area contributed by atoms with Crippen LogP contribution in [0, 0.1) is 11.8 Å². The molecule has 0 aromatic heterocycles. The summed E-state index contributed by atoms with van der Waals surface area (Å²) < 4.78 is 0. The van der Waals surface area contributed by atoms with Crippen LogP contribution in [0.1, 0.15) is 37.7 Å². The number of primary amides is 1. The Hall–Kier alpha value is -2.74. The highest BCUT2D eigenvalue weighted by Crippen LogP contribution is 2.54. The molecule has 146 valence electrons. The summed E-state index contributed by atoms with van der Waals surface area (Å²) in [7, 11) is 0. The zero-order valence-electron chi connectivity index (χ0n) is 15.3. The average Bonchev–Trinajstić information content (AvgIpc) is 3.37. The van der Waals surface area contributed by atoms with Gasteiger partial charge in [-0.3, -0.25) is 29.4 Å². The van der Waals surface area contributed by atoms with Gasteiger partial charge < -0.3 is 11.1 Å². The molecule has 2 saturated heterocycles. The van der Waals surface area contributed by atoms with Crippen LogP contribution in [0.4, 0.5) is 5.69 Å². The third-order valence-corrected chi connectivity index (χ3v) is 6.77. The average molecular weight is 382 g/mol. The van der Waals surface area contributed by atoms with E-state index in [2.05, 4.69) is 10.6 Å². The van der Waals surface area contributed by atoms with Gasteiger partial charge in [0.25, 0.3) is 0 Å². The van der Waals surface area contributed by atoms with E-state index in [0.717, 1.165) is 25.7 Å². The third-order valence-electron chi connectivity index (χ3n) is 6.77. The number of nitrogens with zero attached hydrogens (tertiary/aromatic N) is 1. The molecule has 28 heavy (non-hydrogen) atoms. The summed E-state index contributed by atoms with van der Waals surface area (Å²) in [5.74, 6) is -3.15. The van der Waals surface area contributed by atoms with Crippen molar-refractivity contribution >= 4 is 29.3 Å². The highest BCUT2D eigenvalue weighted by molar-refractivity contribution is 6.15. The number of nitrogens with two attached hydrogens (primary N) is 1. The van der Waals surface area contributed by atoms with E-state index in [9.17, 15) is 19.2 Å². The molecule has 1 aromatic carbocycles. The lowest BCUT2D eigenvalue weighted by atomic mass is 9.76. The molecular formula is C20H22N4O4. The van der Waals surface area contributed by atoms with Gasteiger partial charge >= 0.3 is 0 Å². The van der Waals surface area contributed by atoms with Crippen molar-refractivity contribution in [2.45, 2.75) is 49.7 Å². The van der Waals surface area contributed by atoms with Gasteiger partial charge in [0.1, 0.15) is 5.54 Å². The van der Waals surface area contributed by atoms with Gasteiger partial charge in [0.15, 0.2) is 0 Å². The quantitative estimate of drug-likeness (QED) is 0.646. The van der Waals surface area contributed by atoms with Crippen LogP contribution in [0.15, 0.2) is 24.3 Å². The number of carbonyl (C=O) groups excluding carboxylic acids is 4. The maximum Gasteiger partial charge on any atom is 0.250 e. The summed E-state index contributed by atoms with van der Waals surface area (Å²) in [4.78, 5) is 53.0. The van der Waals surface area contributed by atoms with Crippen molar-refractivity contribution in [2.24, 2.45) is 17.6 Å². The number of carbonyl (C=O) groups is 4.